The summed E-state index contributed by atoms with van der Waals surface area (Å²) in [4.78, 5) is 6.77. The van der Waals surface area contributed by atoms with Gasteiger partial charge in [-0.15, -0.1) is 34.4 Å². The van der Waals surface area contributed by atoms with Crippen molar-refractivity contribution in [2.45, 2.75) is 96.8 Å². The molecule has 9 aromatic rings. The van der Waals surface area contributed by atoms with E-state index in [0.717, 1.165) is 5.75 Å². The van der Waals surface area contributed by atoms with Crippen LogP contribution in [0.3, 0.4) is 0 Å². The van der Waals surface area contributed by atoms with Crippen LogP contribution in [0.25, 0.3) is 31.3 Å². The summed E-state index contributed by atoms with van der Waals surface area (Å²) in [5, 5.41) is 6.40. The van der Waals surface area contributed by atoms with E-state index in [4.69, 9.17) is 0 Å². The molecular formula is C61H57BN2S3. The third kappa shape index (κ3) is 6.79. The first-order chi connectivity index (χ1) is 32.1. The molecule has 0 saturated carbocycles. The van der Waals surface area contributed by atoms with Crippen LogP contribution < -0.4 is 26.2 Å². The molecule has 0 fully saturated rings. The third-order valence-corrected chi connectivity index (χ3v) is 18.2. The van der Waals surface area contributed by atoms with Gasteiger partial charge >= 0.3 is 0 Å². The van der Waals surface area contributed by atoms with Crippen LogP contribution in [0.1, 0.15) is 106 Å². The Morgan fingerprint density at radius 2 is 1.36 bits per heavy atom. The molecule has 3 aliphatic heterocycles. The topological polar surface area (TPSA) is 6.48 Å². The van der Waals surface area contributed by atoms with Crippen molar-refractivity contribution in [1.82, 2.24) is 0 Å². The van der Waals surface area contributed by atoms with Gasteiger partial charge in [-0.2, -0.15) is 0 Å². The van der Waals surface area contributed by atoms with Crippen molar-refractivity contribution in [3.8, 4) is 11.1 Å². The average Bonchev–Trinajstić information content (AvgIpc) is 4.04. The molecule has 1 unspecified atom stereocenters. The van der Waals surface area contributed by atoms with Crippen LogP contribution >= 0.6 is 34.4 Å². The maximum absolute atomic E-state index is 2.70. The molecule has 0 N–H and O–H groups in total. The fourth-order valence-electron chi connectivity index (χ4n) is 11.3. The lowest BCUT2D eigenvalue weighted by atomic mass is 9.33. The molecule has 1 atom stereocenters. The quantitative estimate of drug-likeness (QED) is 0.159. The zero-order valence-electron chi connectivity index (χ0n) is 40.3. The van der Waals surface area contributed by atoms with Gasteiger partial charge in [-0.1, -0.05) is 140 Å². The summed E-state index contributed by atoms with van der Waals surface area (Å²) in [5.41, 5.74) is 22.7. The van der Waals surface area contributed by atoms with E-state index in [9.17, 15) is 0 Å². The predicted molar refractivity (Wildman–Crippen MR) is 297 cm³/mol. The number of thioether (sulfide) groups is 1. The minimum absolute atomic E-state index is 0.00535. The van der Waals surface area contributed by atoms with E-state index >= 15 is 0 Å². The number of anilines is 6. The minimum atomic E-state index is 0.00535. The van der Waals surface area contributed by atoms with Gasteiger partial charge in [-0.05, 0) is 151 Å². The van der Waals surface area contributed by atoms with Crippen molar-refractivity contribution in [3.05, 3.63) is 178 Å². The van der Waals surface area contributed by atoms with Crippen LogP contribution in [0, 0.1) is 13.8 Å². The average molecular weight is 925 g/mol. The molecule has 0 saturated heterocycles. The van der Waals surface area contributed by atoms with Crippen molar-refractivity contribution in [3.63, 3.8) is 0 Å². The van der Waals surface area contributed by atoms with E-state index in [1.165, 1.54) is 125 Å². The summed E-state index contributed by atoms with van der Waals surface area (Å²) < 4.78 is 2.67. The van der Waals surface area contributed by atoms with Gasteiger partial charge in [0.1, 0.15) is 0 Å². The van der Waals surface area contributed by atoms with Crippen LogP contribution in [-0.4, -0.2) is 12.5 Å². The van der Waals surface area contributed by atoms with Crippen LogP contribution in [0.5, 0.6) is 0 Å². The molecule has 0 radical (unpaired) electrons. The number of thiophene rings is 2. The fraction of sp³-hybridized carbons (Fsp3) is 0.246. The Morgan fingerprint density at radius 3 is 2.12 bits per heavy atom. The lowest BCUT2D eigenvalue weighted by molar-refractivity contribution is 0.589. The third-order valence-electron chi connectivity index (χ3n) is 14.8. The summed E-state index contributed by atoms with van der Waals surface area (Å²) in [6, 6.07) is 52.3. The number of benzene rings is 7. The van der Waals surface area contributed by atoms with Gasteiger partial charge in [0.2, 0.25) is 0 Å². The fourth-order valence-corrected chi connectivity index (χ4v) is 14.7. The predicted octanol–water partition coefficient (Wildman–Crippen LogP) is 16.4. The molecule has 3 aliphatic rings. The Bertz CT molecular complexity index is 3460. The Kier molecular flexibility index (Phi) is 9.90. The van der Waals surface area contributed by atoms with Gasteiger partial charge in [0.15, 0.2) is 0 Å². The summed E-state index contributed by atoms with van der Waals surface area (Å²) >= 11 is 5.81. The molecule has 5 heterocycles. The Balaban J connectivity index is 1.19. The number of hydrogen-bond acceptors (Lipinski definition) is 5. The molecule has 0 bridgehead atoms. The lowest BCUT2D eigenvalue weighted by Crippen LogP contribution is -2.61. The van der Waals surface area contributed by atoms with Crippen molar-refractivity contribution >= 4 is 111 Å². The van der Waals surface area contributed by atoms with Gasteiger partial charge in [0.25, 0.3) is 6.71 Å². The minimum Gasteiger partial charge on any atom is -0.311 e. The summed E-state index contributed by atoms with van der Waals surface area (Å²) in [7, 11) is 0. The highest BCUT2D eigenvalue weighted by atomic mass is 32.2. The van der Waals surface area contributed by atoms with Crippen LogP contribution in [0.15, 0.2) is 144 Å². The van der Waals surface area contributed by atoms with Gasteiger partial charge < -0.3 is 9.80 Å². The van der Waals surface area contributed by atoms with Crippen molar-refractivity contribution in [2.24, 2.45) is 0 Å². The van der Waals surface area contributed by atoms with E-state index in [1.54, 1.807) is 0 Å². The molecule has 12 rings (SSSR count). The lowest BCUT2D eigenvalue weighted by Gasteiger charge is -2.44. The van der Waals surface area contributed by atoms with E-state index < -0.39 is 0 Å². The molecule has 67 heavy (non-hydrogen) atoms. The highest BCUT2D eigenvalue weighted by Gasteiger charge is 2.46. The van der Waals surface area contributed by atoms with Gasteiger partial charge in [0.05, 0.1) is 10.7 Å². The maximum Gasteiger partial charge on any atom is 0.254 e. The van der Waals surface area contributed by atoms with Gasteiger partial charge in [0, 0.05) is 59.7 Å². The van der Waals surface area contributed by atoms with E-state index in [-0.39, 0.29) is 17.5 Å². The molecule has 2 aromatic heterocycles. The molecule has 7 aromatic carbocycles. The second kappa shape index (κ2) is 15.5. The van der Waals surface area contributed by atoms with Crippen LogP contribution in [0.2, 0.25) is 0 Å². The molecule has 0 aliphatic carbocycles. The summed E-state index contributed by atoms with van der Waals surface area (Å²) in [6.07, 6.45) is 0. The number of fused-ring (bicyclic) bond motifs is 8. The normalized spacial score (nSPS) is 15.4. The number of hydrogen-bond donors (Lipinski definition) is 0. The van der Waals surface area contributed by atoms with E-state index in [1.807, 2.05) is 34.4 Å². The SMILES string of the molecule is Cc1cc(C(C)(C)C)cc(C)c1N1c2cc(C(C)C)cc3c2B(c2ccc(-c4csc5ccccc45)cc2N3c2cccc(C3CSc4ccccc43)c2)c2c1sc1ccc(C(C)(C)C)cc21. The molecule has 2 nitrogen and oxygen atoms in total. The van der Waals surface area contributed by atoms with Crippen molar-refractivity contribution < 1.29 is 0 Å². The largest absolute Gasteiger partial charge is 0.311 e. The second-order valence-electron chi connectivity index (χ2n) is 21.6. The number of nitrogens with zero attached hydrogens (tertiary/aromatic N) is 2. The Hall–Kier alpha value is -5.53. The first-order valence-corrected chi connectivity index (χ1v) is 26.7. The smallest absolute Gasteiger partial charge is 0.254 e. The monoisotopic (exact) mass is 924 g/mol. The van der Waals surface area contributed by atoms with Crippen LogP contribution in [0.4, 0.5) is 33.4 Å². The molecule has 6 heteroatoms. The van der Waals surface area contributed by atoms with Crippen LogP contribution in [-0.2, 0) is 10.8 Å². The highest BCUT2D eigenvalue weighted by molar-refractivity contribution is 7.99. The molecule has 0 spiro atoms. The Morgan fingerprint density at radius 1 is 0.627 bits per heavy atom. The van der Waals surface area contributed by atoms with E-state index in [2.05, 4.69) is 218 Å². The van der Waals surface area contributed by atoms with Gasteiger partial charge in [-0.3, -0.25) is 0 Å². The second-order valence-corrected chi connectivity index (χ2v) is 24.6. The van der Waals surface area contributed by atoms with Crippen molar-refractivity contribution in [1.29, 1.82) is 0 Å². The first-order valence-electron chi connectivity index (χ1n) is 24.0. The molecular weight excluding hydrogens is 868 g/mol. The van der Waals surface area contributed by atoms with Gasteiger partial charge in [-0.25, -0.2) is 0 Å². The first kappa shape index (κ1) is 42.8. The standard InChI is InChI=1S/C61H57BN2S3/c1-35(2)40-30-51-57-52(31-40)64(58-36(3)26-42(27-37(58)4)61(8,9)10)59-56(46-32-41(60(5,6)7)23-25-55(46)67-59)62(57)49-24-22-39(48-34-66-54-21-14-12-19-45(48)54)29-50(49)63(51)43-17-15-16-38(28-43)47-33-65-53-20-13-11-18-44(47)53/h11-32,34-35,47H,33H2,1-10H3. The maximum atomic E-state index is 2.70. The zero-order valence-corrected chi connectivity index (χ0v) is 42.8. The zero-order chi connectivity index (χ0) is 46.3. The summed E-state index contributed by atoms with van der Waals surface area (Å²) in [6.45, 7) is 23.5. The number of rotatable bonds is 5. The molecule has 0 amide bonds. The summed E-state index contributed by atoms with van der Waals surface area (Å²) in [5.74, 6) is 1.71. The Labute approximate surface area is 409 Å². The highest BCUT2D eigenvalue weighted by Crippen LogP contribution is 2.52. The molecule has 332 valence electrons. The van der Waals surface area contributed by atoms with E-state index in [0.29, 0.717) is 11.8 Å². The van der Waals surface area contributed by atoms with Crippen molar-refractivity contribution in [2.75, 3.05) is 15.6 Å². The number of aryl methyl sites for hydroxylation is 2.